The van der Waals surface area contributed by atoms with Gasteiger partial charge in [-0.25, -0.2) is 4.39 Å². The van der Waals surface area contributed by atoms with Crippen molar-refractivity contribution in [3.8, 4) is 5.75 Å². The van der Waals surface area contributed by atoms with Gasteiger partial charge >= 0.3 is 6.18 Å². The number of carbonyl (C=O) groups is 2. The summed E-state index contributed by atoms with van der Waals surface area (Å²) in [6, 6.07) is 9.34. The topological polar surface area (TPSA) is 67.4 Å². The summed E-state index contributed by atoms with van der Waals surface area (Å²) in [6.45, 7) is 1.41. The van der Waals surface area contributed by atoms with E-state index in [1.807, 2.05) is 0 Å². The van der Waals surface area contributed by atoms with E-state index in [4.69, 9.17) is 4.74 Å². The molecule has 27 heavy (non-hydrogen) atoms. The Morgan fingerprint density at radius 2 is 1.74 bits per heavy atom. The van der Waals surface area contributed by atoms with Gasteiger partial charge in [0.1, 0.15) is 11.6 Å². The van der Waals surface area contributed by atoms with Crippen molar-refractivity contribution in [2.45, 2.75) is 25.6 Å². The zero-order valence-electron chi connectivity index (χ0n) is 14.1. The molecule has 0 unspecified atom stereocenters. The molecule has 2 aromatic carbocycles. The fraction of sp³-hybridized carbons (Fsp3) is 0.222. The van der Waals surface area contributed by atoms with Gasteiger partial charge in [0.15, 0.2) is 6.10 Å². The lowest BCUT2D eigenvalue weighted by atomic mass is 10.1. The highest BCUT2D eigenvalue weighted by Gasteiger charge is 2.30. The van der Waals surface area contributed by atoms with Crippen molar-refractivity contribution in [1.29, 1.82) is 0 Å². The molecule has 0 spiro atoms. The van der Waals surface area contributed by atoms with Gasteiger partial charge in [-0.15, -0.1) is 0 Å². The average Bonchev–Trinajstić information content (AvgIpc) is 2.61. The second kappa shape index (κ2) is 8.52. The monoisotopic (exact) mass is 384 g/mol. The van der Waals surface area contributed by atoms with Gasteiger partial charge in [-0.3, -0.25) is 20.4 Å². The maximum atomic E-state index is 12.8. The SMILES string of the molecule is C[C@H](Oc1ccc(F)cc1)C(=O)NNC(=O)Cc1cccc(C(F)(F)F)c1. The zero-order chi connectivity index (χ0) is 20.0. The van der Waals surface area contributed by atoms with Crippen LogP contribution in [0.3, 0.4) is 0 Å². The van der Waals surface area contributed by atoms with Crippen LogP contribution in [-0.4, -0.2) is 17.9 Å². The van der Waals surface area contributed by atoms with Crippen LogP contribution in [0.5, 0.6) is 5.75 Å². The molecule has 0 aliphatic carbocycles. The van der Waals surface area contributed by atoms with Gasteiger partial charge in [0.05, 0.1) is 12.0 Å². The van der Waals surface area contributed by atoms with E-state index in [9.17, 15) is 27.2 Å². The van der Waals surface area contributed by atoms with Crippen molar-refractivity contribution >= 4 is 11.8 Å². The van der Waals surface area contributed by atoms with E-state index in [2.05, 4.69) is 10.9 Å². The zero-order valence-corrected chi connectivity index (χ0v) is 14.1. The van der Waals surface area contributed by atoms with Gasteiger partial charge in [-0.1, -0.05) is 18.2 Å². The van der Waals surface area contributed by atoms with Crippen LogP contribution in [0.2, 0.25) is 0 Å². The molecule has 0 aliphatic rings. The van der Waals surface area contributed by atoms with Gasteiger partial charge < -0.3 is 4.74 Å². The number of hydrogen-bond acceptors (Lipinski definition) is 3. The smallest absolute Gasteiger partial charge is 0.416 e. The number of benzene rings is 2. The number of ether oxygens (including phenoxy) is 1. The van der Waals surface area contributed by atoms with Crippen LogP contribution in [0.25, 0.3) is 0 Å². The molecule has 0 saturated carbocycles. The standard InChI is InChI=1S/C18H16F4N2O3/c1-11(27-15-7-5-14(19)6-8-15)17(26)24-23-16(25)10-12-3-2-4-13(9-12)18(20,21)22/h2-9,11H,10H2,1H3,(H,23,25)(H,24,26)/t11-/m0/s1. The van der Waals surface area contributed by atoms with Gasteiger partial charge in [0.25, 0.3) is 5.91 Å². The van der Waals surface area contributed by atoms with Crippen LogP contribution in [0.4, 0.5) is 17.6 Å². The Morgan fingerprint density at radius 1 is 1.07 bits per heavy atom. The molecule has 0 saturated heterocycles. The summed E-state index contributed by atoms with van der Waals surface area (Å²) in [6.07, 6.45) is -5.85. The molecule has 2 amide bonds. The normalized spacial score (nSPS) is 12.2. The molecule has 5 nitrogen and oxygen atoms in total. The van der Waals surface area contributed by atoms with E-state index >= 15 is 0 Å². The molecule has 0 aromatic heterocycles. The lowest BCUT2D eigenvalue weighted by Crippen LogP contribution is -2.47. The minimum Gasteiger partial charge on any atom is -0.481 e. The van der Waals surface area contributed by atoms with Crippen molar-refractivity contribution in [3.05, 3.63) is 65.5 Å². The third kappa shape index (κ3) is 6.28. The molecule has 0 bridgehead atoms. The molecule has 2 rings (SSSR count). The number of hydrogen-bond donors (Lipinski definition) is 2. The Labute approximate surface area is 152 Å². The first-order valence-electron chi connectivity index (χ1n) is 7.82. The Balaban J connectivity index is 1.84. The molecule has 144 valence electrons. The van der Waals surface area contributed by atoms with Crippen LogP contribution in [-0.2, 0) is 22.2 Å². The Hall–Kier alpha value is -3.10. The van der Waals surface area contributed by atoms with E-state index < -0.39 is 35.5 Å². The second-order valence-corrected chi connectivity index (χ2v) is 5.63. The quantitative estimate of drug-likeness (QED) is 0.615. The fourth-order valence-electron chi connectivity index (χ4n) is 2.09. The molecule has 0 fully saturated rings. The molecule has 9 heteroatoms. The molecule has 2 N–H and O–H groups in total. The van der Waals surface area contributed by atoms with Crippen LogP contribution in [0, 0.1) is 5.82 Å². The number of alkyl halides is 3. The van der Waals surface area contributed by atoms with E-state index in [0.717, 1.165) is 24.3 Å². The number of nitrogens with one attached hydrogen (secondary N) is 2. The van der Waals surface area contributed by atoms with E-state index in [0.29, 0.717) is 0 Å². The number of halogens is 4. The summed E-state index contributed by atoms with van der Waals surface area (Å²) in [5.74, 6) is -1.58. The molecule has 0 aliphatic heterocycles. The summed E-state index contributed by atoms with van der Waals surface area (Å²) >= 11 is 0. The maximum absolute atomic E-state index is 12.8. The minimum atomic E-state index is -4.51. The van der Waals surface area contributed by atoms with Crippen LogP contribution in [0.1, 0.15) is 18.1 Å². The third-order valence-electron chi connectivity index (χ3n) is 3.44. The third-order valence-corrected chi connectivity index (χ3v) is 3.44. The minimum absolute atomic E-state index is 0.146. The number of carbonyl (C=O) groups excluding carboxylic acids is 2. The summed E-state index contributed by atoms with van der Waals surface area (Å²) in [4.78, 5) is 23.7. The first-order valence-corrected chi connectivity index (χ1v) is 7.82. The molecular formula is C18H16F4N2O3. The fourth-order valence-corrected chi connectivity index (χ4v) is 2.09. The van der Waals surface area contributed by atoms with Gasteiger partial charge in [-0.05, 0) is 42.8 Å². The van der Waals surface area contributed by atoms with Crippen LogP contribution >= 0.6 is 0 Å². The highest BCUT2D eigenvalue weighted by molar-refractivity contribution is 5.85. The van der Waals surface area contributed by atoms with E-state index in [1.54, 1.807) is 0 Å². The average molecular weight is 384 g/mol. The number of rotatable bonds is 5. The lowest BCUT2D eigenvalue weighted by Gasteiger charge is -2.15. The van der Waals surface area contributed by atoms with Gasteiger partial charge in [-0.2, -0.15) is 13.2 Å². The summed E-state index contributed by atoms with van der Waals surface area (Å²) in [7, 11) is 0. The van der Waals surface area contributed by atoms with Crippen LogP contribution in [0.15, 0.2) is 48.5 Å². The first kappa shape index (κ1) is 20.2. The molecule has 1 atom stereocenters. The summed E-state index contributed by atoms with van der Waals surface area (Å²) in [5, 5.41) is 0. The first-order chi connectivity index (χ1) is 12.6. The highest BCUT2D eigenvalue weighted by atomic mass is 19.4. The Kier molecular flexibility index (Phi) is 6.38. The van der Waals surface area contributed by atoms with Gasteiger partial charge in [0, 0.05) is 0 Å². The maximum Gasteiger partial charge on any atom is 0.416 e. The van der Waals surface area contributed by atoms with E-state index in [1.165, 1.54) is 31.2 Å². The highest BCUT2D eigenvalue weighted by Crippen LogP contribution is 2.29. The predicted molar refractivity (Wildman–Crippen MR) is 87.9 cm³/mol. The molecule has 0 heterocycles. The second-order valence-electron chi connectivity index (χ2n) is 5.63. The summed E-state index contributed by atoms with van der Waals surface area (Å²) in [5.41, 5.74) is 3.51. The largest absolute Gasteiger partial charge is 0.481 e. The lowest BCUT2D eigenvalue weighted by molar-refractivity contribution is -0.137. The number of amides is 2. The number of hydrazine groups is 1. The van der Waals surface area contributed by atoms with Crippen molar-refractivity contribution in [3.63, 3.8) is 0 Å². The molecule has 0 radical (unpaired) electrons. The van der Waals surface area contributed by atoms with Crippen molar-refractivity contribution in [2.75, 3.05) is 0 Å². The Bertz CT molecular complexity index is 807. The van der Waals surface area contributed by atoms with Crippen molar-refractivity contribution < 1.29 is 31.9 Å². The van der Waals surface area contributed by atoms with Crippen LogP contribution < -0.4 is 15.6 Å². The summed E-state index contributed by atoms with van der Waals surface area (Å²) < 4.78 is 56.1. The molecule has 2 aromatic rings. The Morgan fingerprint density at radius 3 is 2.37 bits per heavy atom. The van der Waals surface area contributed by atoms with Gasteiger partial charge in [0.2, 0.25) is 5.91 Å². The molecular weight excluding hydrogens is 368 g/mol. The van der Waals surface area contributed by atoms with Crippen molar-refractivity contribution in [2.24, 2.45) is 0 Å². The van der Waals surface area contributed by atoms with Crippen molar-refractivity contribution in [1.82, 2.24) is 10.9 Å². The predicted octanol–water partition coefficient (Wildman–Crippen LogP) is 3.00. The van der Waals surface area contributed by atoms with E-state index in [-0.39, 0.29) is 17.7 Å².